The molecule has 3 aromatic rings. The smallest absolute Gasteiger partial charge is 0.209 e. The first kappa shape index (κ1) is 16.7. The van der Waals surface area contributed by atoms with Crippen LogP contribution in [0.2, 0.25) is 0 Å². The molecule has 0 N–H and O–H groups in total. The summed E-state index contributed by atoms with van der Waals surface area (Å²) in [5, 5.41) is 17.3. The quantitative estimate of drug-likeness (QED) is 0.642. The summed E-state index contributed by atoms with van der Waals surface area (Å²) in [5.74, 6) is 1.36. The highest BCUT2D eigenvalue weighted by molar-refractivity contribution is 7.98. The predicted octanol–water partition coefficient (Wildman–Crippen LogP) is 3.42. The normalized spacial score (nSPS) is 11.4. The van der Waals surface area contributed by atoms with Gasteiger partial charge in [0.25, 0.3) is 0 Å². The Kier molecular flexibility index (Phi) is 4.99. The second kappa shape index (κ2) is 7.17. The van der Waals surface area contributed by atoms with Crippen molar-refractivity contribution in [2.75, 3.05) is 0 Å². The molecular formula is C17H22N6S. The number of aromatic nitrogens is 6. The van der Waals surface area contributed by atoms with E-state index >= 15 is 0 Å². The molecule has 2 aromatic heterocycles. The van der Waals surface area contributed by atoms with Gasteiger partial charge in [-0.3, -0.25) is 0 Å². The van der Waals surface area contributed by atoms with Crippen molar-refractivity contribution >= 4 is 11.8 Å². The summed E-state index contributed by atoms with van der Waals surface area (Å²) in [5.41, 5.74) is 4.50. The van der Waals surface area contributed by atoms with Crippen LogP contribution < -0.4 is 0 Å². The van der Waals surface area contributed by atoms with Crippen molar-refractivity contribution in [3.63, 3.8) is 0 Å². The van der Waals surface area contributed by atoms with Crippen LogP contribution in [0.4, 0.5) is 0 Å². The van der Waals surface area contributed by atoms with Gasteiger partial charge in [-0.05, 0) is 54.0 Å². The zero-order chi connectivity index (χ0) is 17.1. The molecule has 0 aliphatic heterocycles. The summed E-state index contributed by atoms with van der Waals surface area (Å²) in [6, 6.07) is 10.6. The lowest BCUT2D eigenvalue weighted by molar-refractivity contribution is 0.446. The first-order valence-electron chi connectivity index (χ1n) is 8.04. The third-order valence-electron chi connectivity index (χ3n) is 3.60. The van der Waals surface area contributed by atoms with E-state index in [-0.39, 0.29) is 0 Å². The van der Waals surface area contributed by atoms with Crippen LogP contribution in [-0.2, 0) is 12.3 Å². The van der Waals surface area contributed by atoms with Crippen LogP contribution >= 0.6 is 11.8 Å². The van der Waals surface area contributed by atoms with Gasteiger partial charge in [-0.25, -0.2) is 9.36 Å². The Labute approximate surface area is 146 Å². The number of aryl methyl sites for hydroxylation is 2. The average Bonchev–Trinajstić information content (AvgIpc) is 3.11. The van der Waals surface area contributed by atoms with E-state index in [2.05, 4.69) is 71.7 Å². The third-order valence-corrected chi connectivity index (χ3v) is 4.62. The van der Waals surface area contributed by atoms with Gasteiger partial charge in [0.2, 0.25) is 5.16 Å². The zero-order valence-corrected chi connectivity index (χ0v) is 15.3. The minimum Gasteiger partial charge on any atom is -0.238 e. The first-order chi connectivity index (χ1) is 11.5. The van der Waals surface area contributed by atoms with Crippen LogP contribution in [0.3, 0.4) is 0 Å². The number of hydrogen-bond acceptors (Lipinski definition) is 5. The summed E-state index contributed by atoms with van der Waals surface area (Å²) in [4.78, 5) is 0. The van der Waals surface area contributed by atoms with E-state index < -0.39 is 0 Å². The van der Waals surface area contributed by atoms with Gasteiger partial charge in [-0.15, -0.1) is 5.10 Å². The standard InChI is InChI=1S/C17H22N6S/c1-12(2)10-22-17(18-20-21-22)24-11-15-5-7-16(8-6-15)23-14(4)9-13(3)19-23/h5-9,12H,10-11H2,1-4H3. The van der Waals surface area contributed by atoms with E-state index in [1.54, 1.807) is 11.8 Å². The molecular weight excluding hydrogens is 320 g/mol. The Morgan fingerprint density at radius 3 is 2.50 bits per heavy atom. The van der Waals surface area contributed by atoms with Crippen molar-refractivity contribution < 1.29 is 0 Å². The van der Waals surface area contributed by atoms with E-state index in [1.165, 1.54) is 5.56 Å². The number of hydrogen-bond donors (Lipinski definition) is 0. The minimum absolute atomic E-state index is 0.521. The molecule has 126 valence electrons. The van der Waals surface area contributed by atoms with Gasteiger partial charge < -0.3 is 0 Å². The molecule has 0 amide bonds. The van der Waals surface area contributed by atoms with E-state index in [1.807, 2.05) is 16.3 Å². The molecule has 7 heteroatoms. The molecule has 24 heavy (non-hydrogen) atoms. The Morgan fingerprint density at radius 1 is 1.12 bits per heavy atom. The minimum atomic E-state index is 0.521. The van der Waals surface area contributed by atoms with Gasteiger partial charge in [0.1, 0.15) is 0 Å². The average molecular weight is 342 g/mol. The lowest BCUT2D eigenvalue weighted by atomic mass is 10.2. The summed E-state index contributed by atoms with van der Waals surface area (Å²) in [6.45, 7) is 9.24. The molecule has 0 spiro atoms. The lowest BCUT2D eigenvalue weighted by Crippen LogP contribution is -2.07. The molecule has 0 unspecified atom stereocenters. The number of rotatable bonds is 6. The highest BCUT2D eigenvalue weighted by atomic mass is 32.2. The largest absolute Gasteiger partial charge is 0.238 e. The van der Waals surface area contributed by atoms with Crippen molar-refractivity contribution in [3.05, 3.63) is 47.3 Å². The molecule has 0 saturated carbocycles. The molecule has 1 aromatic carbocycles. The summed E-state index contributed by atoms with van der Waals surface area (Å²) >= 11 is 1.66. The maximum atomic E-state index is 4.52. The summed E-state index contributed by atoms with van der Waals surface area (Å²) in [6.07, 6.45) is 0. The van der Waals surface area contributed by atoms with Crippen LogP contribution in [-0.4, -0.2) is 30.0 Å². The van der Waals surface area contributed by atoms with Crippen LogP contribution in [0, 0.1) is 19.8 Å². The van der Waals surface area contributed by atoms with E-state index in [0.717, 1.165) is 34.5 Å². The molecule has 0 bridgehead atoms. The molecule has 0 saturated heterocycles. The van der Waals surface area contributed by atoms with E-state index in [9.17, 15) is 0 Å². The topological polar surface area (TPSA) is 61.4 Å². The predicted molar refractivity (Wildman–Crippen MR) is 95.3 cm³/mol. The SMILES string of the molecule is Cc1cc(C)n(-c2ccc(CSc3nnnn3CC(C)C)cc2)n1. The van der Waals surface area contributed by atoms with Crippen LogP contribution in [0.5, 0.6) is 0 Å². The Hall–Kier alpha value is -2.15. The first-order valence-corrected chi connectivity index (χ1v) is 9.03. The van der Waals surface area contributed by atoms with Gasteiger partial charge in [-0.1, -0.05) is 37.7 Å². The zero-order valence-electron chi connectivity index (χ0n) is 14.5. The molecule has 0 atom stereocenters. The highest BCUT2D eigenvalue weighted by Gasteiger charge is 2.09. The van der Waals surface area contributed by atoms with E-state index in [0.29, 0.717) is 5.92 Å². The fourth-order valence-corrected chi connectivity index (χ4v) is 3.37. The van der Waals surface area contributed by atoms with Crippen LogP contribution in [0.15, 0.2) is 35.5 Å². The molecule has 0 fully saturated rings. The number of benzene rings is 1. The molecule has 0 radical (unpaired) electrons. The van der Waals surface area contributed by atoms with Crippen molar-refractivity contribution in [1.29, 1.82) is 0 Å². The van der Waals surface area contributed by atoms with Crippen molar-refractivity contribution in [1.82, 2.24) is 30.0 Å². The second-order valence-electron chi connectivity index (χ2n) is 6.33. The summed E-state index contributed by atoms with van der Waals surface area (Å²) in [7, 11) is 0. The monoisotopic (exact) mass is 342 g/mol. The maximum Gasteiger partial charge on any atom is 0.209 e. The van der Waals surface area contributed by atoms with Crippen LogP contribution in [0.25, 0.3) is 5.69 Å². The maximum absolute atomic E-state index is 4.52. The van der Waals surface area contributed by atoms with Gasteiger partial charge in [-0.2, -0.15) is 5.10 Å². The lowest BCUT2D eigenvalue weighted by Gasteiger charge is -2.08. The van der Waals surface area contributed by atoms with Gasteiger partial charge in [0, 0.05) is 18.0 Å². The van der Waals surface area contributed by atoms with Gasteiger partial charge >= 0.3 is 0 Å². The number of nitrogens with zero attached hydrogens (tertiary/aromatic N) is 6. The van der Waals surface area contributed by atoms with Gasteiger partial charge in [0.05, 0.1) is 11.4 Å². The van der Waals surface area contributed by atoms with Crippen LogP contribution in [0.1, 0.15) is 30.8 Å². The fourth-order valence-electron chi connectivity index (χ4n) is 2.53. The second-order valence-corrected chi connectivity index (χ2v) is 7.27. The van der Waals surface area contributed by atoms with Gasteiger partial charge in [0.15, 0.2) is 0 Å². The number of thioether (sulfide) groups is 1. The molecule has 0 aliphatic carbocycles. The molecule has 0 aliphatic rings. The van der Waals surface area contributed by atoms with E-state index in [4.69, 9.17) is 0 Å². The Morgan fingerprint density at radius 2 is 1.88 bits per heavy atom. The summed E-state index contributed by atoms with van der Waals surface area (Å²) < 4.78 is 3.84. The Balaban J connectivity index is 1.67. The molecule has 2 heterocycles. The van der Waals surface area contributed by atoms with Crippen molar-refractivity contribution in [3.8, 4) is 5.69 Å². The third kappa shape index (κ3) is 3.84. The van der Waals surface area contributed by atoms with Crippen molar-refractivity contribution in [2.45, 2.75) is 45.1 Å². The van der Waals surface area contributed by atoms with Crippen molar-refractivity contribution in [2.24, 2.45) is 5.92 Å². The number of tetrazole rings is 1. The molecule has 6 nitrogen and oxygen atoms in total. The Bertz CT molecular complexity index is 803. The highest BCUT2D eigenvalue weighted by Crippen LogP contribution is 2.22. The molecule has 3 rings (SSSR count). The fraction of sp³-hybridized carbons (Fsp3) is 0.412.